The molecule has 1 aromatic carbocycles. The van der Waals surface area contributed by atoms with E-state index in [1.54, 1.807) is 12.1 Å². The summed E-state index contributed by atoms with van der Waals surface area (Å²) in [6.07, 6.45) is 2.05. The summed E-state index contributed by atoms with van der Waals surface area (Å²) in [6, 6.07) is 5.88. The van der Waals surface area contributed by atoms with E-state index in [4.69, 9.17) is 24.0 Å². The zero-order valence-corrected chi connectivity index (χ0v) is 20.5. The number of carbonyl (C=O) groups excluding carboxylic acids is 2. The van der Waals surface area contributed by atoms with E-state index in [2.05, 4.69) is 12.2 Å². The molecule has 35 heavy (non-hydrogen) atoms. The van der Waals surface area contributed by atoms with Crippen molar-refractivity contribution in [1.29, 1.82) is 0 Å². The fraction of sp³-hybridized carbons (Fsp3) is 0.692. The van der Waals surface area contributed by atoms with Crippen LogP contribution in [0.1, 0.15) is 64.9 Å². The summed E-state index contributed by atoms with van der Waals surface area (Å²) >= 11 is 0. The lowest BCUT2D eigenvalue weighted by atomic mass is 9.58. The predicted molar refractivity (Wildman–Crippen MR) is 120 cm³/mol. The third-order valence-corrected chi connectivity index (χ3v) is 8.30. The van der Waals surface area contributed by atoms with Crippen LogP contribution in [0.3, 0.4) is 0 Å². The first-order valence-electron chi connectivity index (χ1n) is 12.6. The van der Waals surface area contributed by atoms with Crippen molar-refractivity contribution >= 4 is 11.9 Å². The number of esters is 1. The van der Waals surface area contributed by atoms with Gasteiger partial charge in [0.2, 0.25) is 18.0 Å². The highest BCUT2D eigenvalue weighted by atomic mass is 19.1. The van der Waals surface area contributed by atoms with E-state index in [1.807, 2.05) is 13.8 Å². The molecule has 4 aliphatic heterocycles. The Kier molecular flexibility index (Phi) is 6.63. The lowest BCUT2D eigenvalue weighted by Gasteiger charge is -2.59. The average molecular weight is 492 g/mol. The molecule has 0 radical (unpaired) electrons. The third kappa shape index (κ3) is 4.59. The Hall–Kier alpha value is -2.07. The van der Waals surface area contributed by atoms with Gasteiger partial charge in [-0.05, 0) is 55.7 Å². The standard InChI is InChI=1S/C26H34FNO7/c1-15-4-9-20-16(2)23(32-24-26(20)19(15)12-13-25(3,33-24)34-35-26)31-22(30)11-10-21(29)28-14-17-5-7-18(27)8-6-17/h5-8,15-16,19-20,23-24H,4,9-14H2,1-3H3,(H,28,29). The van der Waals surface area contributed by atoms with E-state index in [0.29, 0.717) is 12.3 Å². The Balaban J connectivity index is 1.19. The van der Waals surface area contributed by atoms with Crippen LogP contribution in [0, 0.1) is 29.5 Å². The number of amides is 1. The minimum atomic E-state index is -0.894. The van der Waals surface area contributed by atoms with E-state index in [0.717, 1.165) is 24.8 Å². The number of halogens is 1. The fourth-order valence-corrected chi connectivity index (χ4v) is 6.30. The van der Waals surface area contributed by atoms with Gasteiger partial charge in [0, 0.05) is 31.2 Å². The second-order valence-corrected chi connectivity index (χ2v) is 10.7. The van der Waals surface area contributed by atoms with Gasteiger partial charge in [-0.1, -0.05) is 26.0 Å². The molecule has 1 N–H and O–H groups in total. The SMILES string of the molecule is CC1CCC2C(C)C(OC(=O)CCC(=O)NCc3ccc(F)cc3)OC3OC4(C)CCC1C32OO4. The molecule has 0 aromatic heterocycles. The molecule has 1 aromatic rings. The van der Waals surface area contributed by atoms with Crippen molar-refractivity contribution in [2.45, 2.75) is 89.8 Å². The van der Waals surface area contributed by atoms with E-state index in [9.17, 15) is 14.0 Å². The van der Waals surface area contributed by atoms with E-state index < -0.39 is 29.9 Å². The molecule has 6 rings (SSSR count). The second kappa shape index (κ2) is 9.42. The average Bonchev–Trinajstić information content (AvgIpc) is 3.06. The Labute approximate surface area is 204 Å². The summed E-state index contributed by atoms with van der Waals surface area (Å²) < 4.78 is 31.2. The summed E-state index contributed by atoms with van der Waals surface area (Å²) in [4.78, 5) is 36.7. The molecule has 1 spiro atoms. The van der Waals surface area contributed by atoms with Crippen molar-refractivity contribution < 1.29 is 38.0 Å². The molecule has 2 bridgehead atoms. The first-order valence-corrected chi connectivity index (χ1v) is 12.6. The van der Waals surface area contributed by atoms with Crippen molar-refractivity contribution in [2.24, 2.45) is 23.7 Å². The quantitative estimate of drug-likeness (QED) is 0.475. The summed E-state index contributed by atoms with van der Waals surface area (Å²) in [7, 11) is 0. The van der Waals surface area contributed by atoms with Crippen LogP contribution >= 0.6 is 0 Å². The van der Waals surface area contributed by atoms with Crippen LogP contribution in [0.5, 0.6) is 0 Å². The summed E-state index contributed by atoms with van der Waals surface area (Å²) in [5.74, 6) is -1.39. The zero-order chi connectivity index (χ0) is 24.8. The van der Waals surface area contributed by atoms with Gasteiger partial charge in [-0.2, -0.15) is 0 Å². The second-order valence-electron chi connectivity index (χ2n) is 10.7. The monoisotopic (exact) mass is 491 g/mol. The van der Waals surface area contributed by atoms with Crippen molar-refractivity contribution in [1.82, 2.24) is 5.32 Å². The van der Waals surface area contributed by atoms with Gasteiger partial charge in [-0.25, -0.2) is 14.2 Å². The molecule has 1 aliphatic carbocycles. The van der Waals surface area contributed by atoms with Gasteiger partial charge in [0.25, 0.3) is 0 Å². The molecule has 1 amide bonds. The maximum atomic E-state index is 13.0. The number of carbonyl (C=O) groups is 2. The maximum absolute atomic E-state index is 13.0. The lowest BCUT2D eigenvalue weighted by molar-refractivity contribution is -0.576. The highest BCUT2D eigenvalue weighted by Crippen LogP contribution is 2.60. The van der Waals surface area contributed by atoms with Gasteiger partial charge in [0.05, 0.1) is 6.42 Å². The van der Waals surface area contributed by atoms with Gasteiger partial charge < -0.3 is 19.5 Å². The highest BCUT2D eigenvalue weighted by molar-refractivity contribution is 5.81. The Morgan fingerprint density at radius 2 is 1.86 bits per heavy atom. The molecular weight excluding hydrogens is 457 g/mol. The topological polar surface area (TPSA) is 92.3 Å². The van der Waals surface area contributed by atoms with Crippen LogP contribution in [-0.4, -0.2) is 35.8 Å². The lowest BCUT2D eigenvalue weighted by Crippen LogP contribution is -2.70. The summed E-state index contributed by atoms with van der Waals surface area (Å²) in [6.45, 7) is 6.37. The van der Waals surface area contributed by atoms with Crippen LogP contribution in [0.4, 0.5) is 4.39 Å². The Bertz CT molecular complexity index is 958. The number of ether oxygens (including phenoxy) is 3. The van der Waals surface area contributed by atoms with Gasteiger partial charge in [-0.3, -0.25) is 9.59 Å². The number of fused-ring (bicyclic) bond motifs is 2. The highest BCUT2D eigenvalue weighted by Gasteiger charge is 2.69. The molecule has 5 aliphatic rings. The molecule has 4 heterocycles. The first-order chi connectivity index (χ1) is 16.7. The number of hydrogen-bond donors (Lipinski definition) is 1. The van der Waals surface area contributed by atoms with Crippen molar-refractivity contribution in [3.05, 3.63) is 35.6 Å². The predicted octanol–water partition coefficient (Wildman–Crippen LogP) is 3.97. The van der Waals surface area contributed by atoms with Crippen molar-refractivity contribution in [2.75, 3.05) is 0 Å². The van der Waals surface area contributed by atoms with E-state index in [-0.39, 0.29) is 48.9 Å². The normalized spacial score (nSPS) is 39.9. The summed E-state index contributed by atoms with van der Waals surface area (Å²) in [5, 5.41) is 2.73. The minimum Gasteiger partial charge on any atom is -0.435 e. The Morgan fingerprint density at radius 3 is 2.63 bits per heavy atom. The molecule has 8 atom stereocenters. The largest absolute Gasteiger partial charge is 0.435 e. The third-order valence-electron chi connectivity index (χ3n) is 8.30. The fourth-order valence-electron chi connectivity index (χ4n) is 6.30. The Morgan fingerprint density at radius 1 is 1.09 bits per heavy atom. The molecule has 4 saturated heterocycles. The zero-order valence-electron chi connectivity index (χ0n) is 20.5. The van der Waals surface area contributed by atoms with Crippen LogP contribution in [0.2, 0.25) is 0 Å². The van der Waals surface area contributed by atoms with Crippen LogP contribution in [0.25, 0.3) is 0 Å². The number of nitrogens with one attached hydrogen (secondary N) is 1. The number of rotatable bonds is 6. The van der Waals surface area contributed by atoms with Crippen molar-refractivity contribution in [3.63, 3.8) is 0 Å². The molecule has 5 fully saturated rings. The van der Waals surface area contributed by atoms with E-state index in [1.165, 1.54) is 12.1 Å². The van der Waals surface area contributed by atoms with Gasteiger partial charge in [0.1, 0.15) is 5.82 Å². The molecule has 9 heteroatoms. The number of benzene rings is 1. The molecular formula is C26H34FNO7. The smallest absolute Gasteiger partial charge is 0.308 e. The van der Waals surface area contributed by atoms with E-state index >= 15 is 0 Å². The molecule has 1 saturated carbocycles. The van der Waals surface area contributed by atoms with Crippen LogP contribution < -0.4 is 5.32 Å². The van der Waals surface area contributed by atoms with Gasteiger partial charge in [0.15, 0.2) is 11.9 Å². The first kappa shape index (κ1) is 24.6. The van der Waals surface area contributed by atoms with Gasteiger partial charge in [-0.15, -0.1) is 0 Å². The van der Waals surface area contributed by atoms with Crippen LogP contribution in [-0.2, 0) is 40.1 Å². The maximum Gasteiger partial charge on any atom is 0.308 e. The van der Waals surface area contributed by atoms with Gasteiger partial charge >= 0.3 is 5.97 Å². The summed E-state index contributed by atoms with van der Waals surface area (Å²) in [5.41, 5.74) is 0.0642. The van der Waals surface area contributed by atoms with Crippen LogP contribution in [0.15, 0.2) is 24.3 Å². The molecule has 8 nitrogen and oxygen atoms in total. The molecule has 192 valence electrons. The molecule has 8 unspecified atom stereocenters. The number of hydrogen-bond acceptors (Lipinski definition) is 7. The minimum absolute atomic E-state index is 0.0109. The van der Waals surface area contributed by atoms with Crippen molar-refractivity contribution in [3.8, 4) is 0 Å².